The van der Waals surface area contributed by atoms with Crippen LogP contribution in [0.15, 0.2) is 4.52 Å². The van der Waals surface area contributed by atoms with Crippen LogP contribution in [0, 0.1) is 5.92 Å². The SMILES string of the molecule is CCN1CCC(Cc2noc(CC(C)=O)n2)C1. The fourth-order valence-electron chi connectivity index (χ4n) is 2.28. The molecule has 2 heterocycles. The van der Waals surface area contributed by atoms with E-state index in [4.69, 9.17) is 4.52 Å². The van der Waals surface area contributed by atoms with Crippen LogP contribution in [0.25, 0.3) is 0 Å². The highest BCUT2D eigenvalue weighted by atomic mass is 16.5. The van der Waals surface area contributed by atoms with E-state index in [9.17, 15) is 4.79 Å². The Bertz CT molecular complexity index is 389. The van der Waals surface area contributed by atoms with Gasteiger partial charge in [0.25, 0.3) is 0 Å². The molecule has 1 aromatic heterocycles. The number of nitrogens with zero attached hydrogens (tertiary/aromatic N) is 3. The van der Waals surface area contributed by atoms with E-state index in [1.165, 1.54) is 19.9 Å². The zero-order valence-electron chi connectivity index (χ0n) is 10.5. The van der Waals surface area contributed by atoms with Gasteiger partial charge in [-0.15, -0.1) is 0 Å². The van der Waals surface area contributed by atoms with Gasteiger partial charge in [0.15, 0.2) is 5.82 Å². The first kappa shape index (κ1) is 12.2. The molecule has 2 rings (SSSR count). The number of carbonyl (C=O) groups excluding carboxylic acids is 1. The molecule has 1 aromatic rings. The number of rotatable bonds is 5. The van der Waals surface area contributed by atoms with Crippen molar-refractivity contribution < 1.29 is 9.32 Å². The number of hydrogen-bond donors (Lipinski definition) is 0. The van der Waals surface area contributed by atoms with E-state index in [1.54, 1.807) is 0 Å². The molecule has 1 saturated heterocycles. The standard InChI is InChI=1S/C12H19N3O2/c1-3-15-5-4-10(8-15)7-11-13-12(17-14-11)6-9(2)16/h10H,3-8H2,1-2H3. The summed E-state index contributed by atoms with van der Waals surface area (Å²) in [6.07, 6.45) is 2.31. The predicted molar refractivity (Wildman–Crippen MR) is 62.6 cm³/mol. The Morgan fingerprint density at radius 2 is 2.41 bits per heavy atom. The monoisotopic (exact) mass is 237 g/mol. The van der Waals surface area contributed by atoms with Gasteiger partial charge in [-0.05, 0) is 32.4 Å². The second-order valence-electron chi connectivity index (χ2n) is 4.74. The average Bonchev–Trinajstić information content (AvgIpc) is 2.88. The van der Waals surface area contributed by atoms with Crippen molar-refractivity contribution in [1.29, 1.82) is 0 Å². The summed E-state index contributed by atoms with van der Waals surface area (Å²) in [5.41, 5.74) is 0. The van der Waals surface area contributed by atoms with Gasteiger partial charge in [0.2, 0.25) is 5.89 Å². The summed E-state index contributed by atoms with van der Waals surface area (Å²) in [7, 11) is 0. The van der Waals surface area contributed by atoms with Crippen molar-refractivity contribution in [3.8, 4) is 0 Å². The van der Waals surface area contributed by atoms with Crippen molar-refractivity contribution in [2.75, 3.05) is 19.6 Å². The van der Waals surface area contributed by atoms with Crippen molar-refractivity contribution in [1.82, 2.24) is 15.0 Å². The van der Waals surface area contributed by atoms with E-state index >= 15 is 0 Å². The lowest BCUT2D eigenvalue weighted by Gasteiger charge is -2.11. The van der Waals surface area contributed by atoms with Crippen molar-refractivity contribution in [3.63, 3.8) is 0 Å². The molecule has 0 aliphatic carbocycles. The van der Waals surface area contributed by atoms with E-state index in [0.717, 1.165) is 25.3 Å². The molecular formula is C12H19N3O2. The zero-order valence-corrected chi connectivity index (χ0v) is 10.5. The van der Waals surface area contributed by atoms with Crippen LogP contribution < -0.4 is 0 Å². The minimum Gasteiger partial charge on any atom is -0.339 e. The summed E-state index contributed by atoms with van der Waals surface area (Å²) in [5, 5.41) is 3.93. The fourth-order valence-corrected chi connectivity index (χ4v) is 2.28. The quantitative estimate of drug-likeness (QED) is 0.767. The first-order chi connectivity index (χ1) is 8.17. The zero-order chi connectivity index (χ0) is 12.3. The molecule has 17 heavy (non-hydrogen) atoms. The number of aromatic nitrogens is 2. The summed E-state index contributed by atoms with van der Waals surface area (Å²) in [6, 6.07) is 0. The van der Waals surface area contributed by atoms with Gasteiger partial charge in [0.05, 0.1) is 6.42 Å². The highest BCUT2D eigenvalue weighted by Gasteiger charge is 2.23. The maximum Gasteiger partial charge on any atom is 0.234 e. The van der Waals surface area contributed by atoms with Crippen molar-refractivity contribution >= 4 is 5.78 Å². The molecule has 94 valence electrons. The molecule has 0 radical (unpaired) electrons. The lowest BCUT2D eigenvalue weighted by atomic mass is 10.1. The Labute approximate surface area is 101 Å². The van der Waals surface area contributed by atoms with Gasteiger partial charge in [-0.25, -0.2) is 0 Å². The van der Waals surface area contributed by atoms with Crippen LogP contribution in [0.1, 0.15) is 32.0 Å². The van der Waals surface area contributed by atoms with E-state index in [-0.39, 0.29) is 12.2 Å². The van der Waals surface area contributed by atoms with Crippen LogP contribution in [-0.4, -0.2) is 40.5 Å². The Balaban J connectivity index is 1.87. The van der Waals surface area contributed by atoms with Crippen LogP contribution in [0.5, 0.6) is 0 Å². The van der Waals surface area contributed by atoms with E-state index in [1.807, 2.05) is 0 Å². The average molecular weight is 237 g/mol. The number of Topliss-reactive ketones (excluding diaryl/α,β-unsaturated/α-hetero) is 1. The van der Waals surface area contributed by atoms with E-state index < -0.39 is 0 Å². The molecule has 0 aromatic carbocycles. The predicted octanol–water partition coefficient (Wildman–Crippen LogP) is 1.09. The first-order valence-corrected chi connectivity index (χ1v) is 6.20. The molecule has 1 aliphatic rings. The molecule has 1 atom stereocenters. The second kappa shape index (κ2) is 5.40. The number of ketones is 1. The highest BCUT2D eigenvalue weighted by Crippen LogP contribution is 2.19. The molecule has 0 N–H and O–H groups in total. The summed E-state index contributed by atoms with van der Waals surface area (Å²) < 4.78 is 5.04. The number of carbonyl (C=O) groups is 1. The largest absolute Gasteiger partial charge is 0.339 e. The molecular weight excluding hydrogens is 218 g/mol. The van der Waals surface area contributed by atoms with Crippen molar-refractivity contribution in [3.05, 3.63) is 11.7 Å². The van der Waals surface area contributed by atoms with Gasteiger partial charge in [0, 0.05) is 13.0 Å². The molecule has 0 bridgehead atoms. The minimum atomic E-state index is 0.0539. The molecule has 0 saturated carbocycles. The summed E-state index contributed by atoms with van der Waals surface area (Å²) in [6.45, 7) is 7.10. The smallest absolute Gasteiger partial charge is 0.234 e. The topological polar surface area (TPSA) is 59.2 Å². The molecule has 1 fully saturated rings. The van der Waals surface area contributed by atoms with Crippen LogP contribution in [0.2, 0.25) is 0 Å². The third kappa shape index (κ3) is 3.36. The van der Waals surface area contributed by atoms with Gasteiger partial charge in [-0.2, -0.15) is 4.98 Å². The molecule has 0 spiro atoms. The van der Waals surface area contributed by atoms with Gasteiger partial charge in [-0.1, -0.05) is 12.1 Å². The minimum absolute atomic E-state index is 0.0539. The molecule has 5 heteroatoms. The fraction of sp³-hybridized carbons (Fsp3) is 0.750. The Morgan fingerprint density at radius 1 is 1.59 bits per heavy atom. The van der Waals surface area contributed by atoms with Crippen LogP contribution in [-0.2, 0) is 17.6 Å². The van der Waals surface area contributed by atoms with Gasteiger partial charge >= 0.3 is 0 Å². The highest BCUT2D eigenvalue weighted by molar-refractivity contribution is 5.77. The van der Waals surface area contributed by atoms with E-state index in [2.05, 4.69) is 22.0 Å². The van der Waals surface area contributed by atoms with Crippen molar-refractivity contribution in [2.24, 2.45) is 5.92 Å². The van der Waals surface area contributed by atoms with Gasteiger partial charge in [0.1, 0.15) is 5.78 Å². The second-order valence-corrected chi connectivity index (χ2v) is 4.74. The Morgan fingerprint density at radius 3 is 3.06 bits per heavy atom. The molecule has 0 amide bonds. The third-order valence-corrected chi connectivity index (χ3v) is 3.20. The molecule has 5 nitrogen and oxygen atoms in total. The summed E-state index contributed by atoms with van der Waals surface area (Å²) in [5.74, 6) is 1.86. The number of likely N-dealkylation sites (tertiary alicyclic amines) is 1. The third-order valence-electron chi connectivity index (χ3n) is 3.20. The van der Waals surface area contributed by atoms with Crippen LogP contribution in [0.3, 0.4) is 0 Å². The number of hydrogen-bond acceptors (Lipinski definition) is 5. The van der Waals surface area contributed by atoms with Gasteiger partial charge in [-0.3, -0.25) is 4.79 Å². The van der Waals surface area contributed by atoms with Crippen LogP contribution >= 0.6 is 0 Å². The lowest BCUT2D eigenvalue weighted by Crippen LogP contribution is -2.20. The van der Waals surface area contributed by atoms with Gasteiger partial charge < -0.3 is 9.42 Å². The maximum atomic E-state index is 10.9. The summed E-state index contributed by atoms with van der Waals surface area (Å²) >= 11 is 0. The maximum absolute atomic E-state index is 10.9. The Hall–Kier alpha value is -1.23. The Kier molecular flexibility index (Phi) is 3.89. The molecule has 1 aliphatic heterocycles. The molecule has 1 unspecified atom stereocenters. The van der Waals surface area contributed by atoms with E-state index in [0.29, 0.717) is 11.8 Å². The lowest BCUT2D eigenvalue weighted by molar-refractivity contribution is -0.116. The first-order valence-electron chi connectivity index (χ1n) is 6.20. The van der Waals surface area contributed by atoms with Crippen LogP contribution in [0.4, 0.5) is 0 Å². The normalized spacial score (nSPS) is 20.9. The summed E-state index contributed by atoms with van der Waals surface area (Å²) in [4.78, 5) is 17.6. The van der Waals surface area contributed by atoms with Crippen molar-refractivity contribution in [2.45, 2.75) is 33.1 Å².